The highest BCUT2D eigenvalue weighted by Crippen LogP contribution is 2.59. The van der Waals surface area contributed by atoms with Crippen LogP contribution in [0.3, 0.4) is 0 Å². The fourth-order valence-corrected chi connectivity index (χ4v) is 8.91. The number of nitrogens with zero attached hydrogens (tertiary/aromatic N) is 3. The van der Waals surface area contributed by atoms with Crippen molar-refractivity contribution in [3.05, 3.63) is 88.7 Å². The highest BCUT2D eigenvalue weighted by atomic mass is 19.4. The van der Waals surface area contributed by atoms with Gasteiger partial charge in [0.25, 0.3) is 11.8 Å². The maximum absolute atomic E-state index is 13.8. The number of hydrogen-bond acceptors (Lipinski definition) is 5. The molecule has 0 spiro atoms. The molecule has 0 radical (unpaired) electrons. The minimum Gasteiger partial charge on any atom is -0.492 e. The first-order valence-corrected chi connectivity index (χ1v) is 17.3. The van der Waals surface area contributed by atoms with E-state index in [9.17, 15) is 22.8 Å². The van der Waals surface area contributed by atoms with Crippen LogP contribution in [0.4, 0.5) is 18.9 Å². The molecule has 0 unspecified atom stereocenters. The summed E-state index contributed by atoms with van der Waals surface area (Å²) in [6.07, 6.45) is 6.27. The van der Waals surface area contributed by atoms with Crippen LogP contribution in [0.15, 0.2) is 60.9 Å². The van der Waals surface area contributed by atoms with Gasteiger partial charge in [0, 0.05) is 66.9 Å². The van der Waals surface area contributed by atoms with Crippen molar-refractivity contribution in [1.29, 1.82) is 0 Å². The lowest BCUT2D eigenvalue weighted by atomic mass is 9.49. The smallest absolute Gasteiger partial charge is 0.416 e. The summed E-state index contributed by atoms with van der Waals surface area (Å²) in [6, 6.07) is 12.5. The van der Waals surface area contributed by atoms with Crippen molar-refractivity contribution in [3.8, 4) is 17.6 Å². The molecule has 0 atom stereocenters. The van der Waals surface area contributed by atoms with Gasteiger partial charge in [-0.1, -0.05) is 11.8 Å². The van der Waals surface area contributed by atoms with E-state index in [1.807, 2.05) is 31.2 Å². The number of nitrogens with one attached hydrogen (secondary N) is 1. The maximum atomic E-state index is 13.8. The van der Waals surface area contributed by atoms with Crippen LogP contribution >= 0.6 is 0 Å². The highest BCUT2D eigenvalue weighted by Gasteiger charge is 2.50. The fraction of sp³-hybridized carbons (Fsp3) is 0.462. The number of carbonyl (C=O) groups excluding carboxylic acids is 2. The van der Waals surface area contributed by atoms with Crippen molar-refractivity contribution in [2.75, 3.05) is 44.2 Å². The zero-order chi connectivity index (χ0) is 34.2. The first-order valence-electron chi connectivity index (χ1n) is 17.3. The van der Waals surface area contributed by atoms with Gasteiger partial charge in [0.15, 0.2) is 0 Å². The van der Waals surface area contributed by atoms with Gasteiger partial charge in [-0.2, -0.15) is 13.2 Å². The summed E-state index contributed by atoms with van der Waals surface area (Å²) >= 11 is 0. The Morgan fingerprint density at radius 1 is 0.878 bits per heavy atom. The molecule has 1 aromatic heterocycles. The SMILES string of the molecule is CCOc1cncc(C#Cc2cc(C(=O)N3CCN(c4ccc(C(=O)NCC56CC7CC(CC(C7)C5)C6)cc4)CC3)cc(C(F)(F)F)c2)c1. The Balaban J connectivity index is 0.967. The van der Waals surface area contributed by atoms with E-state index in [4.69, 9.17) is 4.74 Å². The molecular weight excluding hydrogens is 629 g/mol. The van der Waals surface area contributed by atoms with Crippen LogP contribution in [0.25, 0.3) is 0 Å². The van der Waals surface area contributed by atoms with Crippen molar-refractivity contribution in [2.24, 2.45) is 23.2 Å². The van der Waals surface area contributed by atoms with E-state index in [1.165, 1.54) is 57.0 Å². The van der Waals surface area contributed by atoms with Crippen molar-refractivity contribution >= 4 is 17.5 Å². The van der Waals surface area contributed by atoms with Crippen molar-refractivity contribution < 1.29 is 27.5 Å². The number of ether oxygens (including phenoxy) is 1. The van der Waals surface area contributed by atoms with Crippen LogP contribution in [0.2, 0.25) is 0 Å². The quantitative estimate of drug-likeness (QED) is 0.280. The lowest BCUT2D eigenvalue weighted by molar-refractivity contribution is -0.137. The summed E-state index contributed by atoms with van der Waals surface area (Å²) in [4.78, 5) is 34.3. The Labute approximate surface area is 285 Å². The molecule has 4 aliphatic carbocycles. The van der Waals surface area contributed by atoms with Gasteiger partial charge >= 0.3 is 6.18 Å². The standard InChI is InChI=1S/C39H41F3N4O3/c1-2-49-35-18-27(23-43-24-35)4-3-26-16-32(19-33(17-26)39(40,41)42)37(48)46-11-9-45(10-12-46)34-7-5-31(6-8-34)36(47)44-25-38-20-28-13-29(21-38)15-30(14-28)22-38/h5-8,16-19,23-24,28-30H,2,9-15,20-22,25H2,1H3,(H,44,47). The highest BCUT2D eigenvalue weighted by molar-refractivity contribution is 5.95. The summed E-state index contributed by atoms with van der Waals surface area (Å²) < 4.78 is 46.9. The molecule has 256 valence electrons. The van der Waals surface area contributed by atoms with Crippen LogP contribution in [-0.2, 0) is 6.18 Å². The van der Waals surface area contributed by atoms with Crippen LogP contribution in [0, 0.1) is 35.0 Å². The number of halogens is 3. The van der Waals surface area contributed by atoms with Crippen molar-refractivity contribution in [1.82, 2.24) is 15.2 Å². The number of carbonyl (C=O) groups is 2. The van der Waals surface area contributed by atoms with E-state index >= 15 is 0 Å². The number of amides is 2. The Morgan fingerprint density at radius 3 is 2.16 bits per heavy atom. The van der Waals surface area contributed by atoms with Gasteiger partial charge in [0.05, 0.1) is 18.4 Å². The average Bonchev–Trinajstić information content (AvgIpc) is 3.09. The second-order valence-electron chi connectivity index (χ2n) is 14.3. The van der Waals surface area contributed by atoms with Crippen LogP contribution < -0.4 is 15.0 Å². The first kappa shape index (κ1) is 33.0. The number of alkyl halides is 3. The van der Waals surface area contributed by atoms with E-state index < -0.39 is 17.6 Å². The number of benzene rings is 2. The zero-order valence-corrected chi connectivity index (χ0v) is 27.7. The van der Waals surface area contributed by atoms with Gasteiger partial charge in [-0.3, -0.25) is 14.6 Å². The molecule has 4 saturated carbocycles. The number of anilines is 1. The Bertz CT molecular complexity index is 1740. The predicted molar refractivity (Wildman–Crippen MR) is 180 cm³/mol. The predicted octanol–water partition coefficient (Wildman–Crippen LogP) is 6.81. The molecular formula is C39H41F3N4O3. The number of aromatic nitrogens is 1. The van der Waals surface area contributed by atoms with Crippen LogP contribution in [0.5, 0.6) is 5.75 Å². The van der Waals surface area contributed by atoms with E-state index in [2.05, 4.69) is 27.0 Å². The number of pyridine rings is 1. The molecule has 4 bridgehead atoms. The first-order chi connectivity index (χ1) is 23.6. The molecule has 49 heavy (non-hydrogen) atoms. The Hall–Kier alpha value is -4.52. The Morgan fingerprint density at radius 2 is 1.53 bits per heavy atom. The van der Waals surface area contributed by atoms with Crippen LogP contribution in [0.1, 0.15) is 82.9 Å². The minimum absolute atomic E-state index is 0.0430. The number of rotatable bonds is 7. The molecule has 2 aromatic carbocycles. The van der Waals surface area contributed by atoms with E-state index in [1.54, 1.807) is 11.0 Å². The normalized spacial score (nSPS) is 24.3. The fourth-order valence-electron chi connectivity index (χ4n) is 8.91. The van der Waals surface area contributed by atoms with Gasteiger partial charge in [0.1, 0.15) is 5.75 Å². The molecule has 1 saturated heterocycles. The molecule has 8 rings (SSSR count). The molecule has 1 N–H and O–H groups in total. The lowest BCUT2D eigenvalue weighted by Gasteiger charge is -2.56. The molecule has 1 aliphatic heterocycles. The molecule has 3 aromatic rings. The number of piperazine rings is 1. The van der Waals surface area contributed by atoms with E-state index in [0.29, 0.717) is 49.7 Å². The van der Waals surface area contributed by atoms with Crippen LogP contribution in [-0.4, -0.2) is 61.0 Å². The third-order valence-electron chi connectivity index (χ3n) is 10.7. The summed E-state index contributed by atoms with van der Waals surface area (Å²) in [5.41, 5.74) is 1.42. The van der Waals surface area contributed by atoms with Crippen molar-refractivity contribution in [3.63, 3.8) is 0 Å². The second kappa shape index (κ2) is 13.4. The van der Waals surface area contributed by atoms with Gasteiger partial charge in [0.2, 0.25) is 0 Å². The third kappa shape index (κ3) is 7.41. The molecule has 2 heterocycles. The average molecular weight is 671 g/mol. The van der Waals surface area contributed by atoms with Gasteiger partial charge in [-0.25, -0.2) is 0 Å². The monoisotopic (exact) mass is 670 g/mol. The van der Waals surface area contributed by atoms with Crippen molar-refractivity contribution in [2.45, 2.75) is 51.6 Å². The third-order valence-corrected chi connectivity index (χ3v) is 10.7. The van der Waals surface area contributed by atoms with Gasteiger partial charge in [-0.05, 0) is 117 Å². The topological polar surface area (TPSA) is 74.8 Å². The zero-order valence-electron chi connectivity index (χ0n) is 27.7. The summed E-state index contributed by atoms with van der Waals surface area (Å²) in [6.45, 7) is 4.75. The van der Waals surface area contributed by atoms with Gasteiger partial charge in [-0.15, -0.1) is 0 Å². The summed E-state index contributed by atoms with van der Waals surface area (Å²) in [5, 5.41) is 3.25. The molecule has 5 aliphatic rings. The lowest BCUT2D eigenvalue weighted by Crippen LogP contribution is -2.51. The second-order valence-corrected chi connectivity index (χ2v) is 14.3. The Kier molecular flexibility index (Phi) is 9.03. The largest absolute Gasteiger partial charge is 0.492 e. The summed E-state index contributed by atoms with van der Waals surface area (Å²) in [7, 11) is 0. The molecule has 2 amide bonds. The minimum atomic E-state index is -4.64. The van der Waals surface area contributed by atoms with E-state index in [-0.39, 0.29) is 22.4 Å². The maximum Gasteiger partial charge on any atom is 0.416 e. The molecule has 5 fully saturated rings. The number of hydrogen-bond donors (Lipinski definition) is 1. The summed E-state index contributed by atoms with van der Waals surface area (Å²) in [5.74, 6) is 8.12. The van der Waals surface area contributed by atoms with E-state index in [0.717, 1.165) is 42.1 Å². The molecule has 10 heteroatoms. The van der Waals surface area contributed by atoms with Gasteiger partial charge < -0.3 is 19.9 Å². The molecule has 7 nitrogen and oxygen atoms in total.